The Morgan fingerprint density at radius 2 is 1.17 bits per heavy atom. The van der Waals surface area contributed by atoms with E-state index in [9.17, 15) is 10.1 Å². The summed E-state index contributed by atoms with van der Waals surface area (Å²) in [4.78, 5) is 14.2. The third-order valence-corrected chi connectivity index (χ3v) is 3.97. The van der Waals surface area contributed by atoms with Gasteiger partial charge in [0.1, 0.15) is 6.10 Å². The minimum Gasteiger partial charge on any atom is -0.394 e. The molecule has 0 rings (SSSR count). The summed E-state index contributed by atoms with van der Waals surface area (Å²) in [6, 6.07) is 0. The highest BCUT2D eigenvalue weighted by Crippen LogP contribution is 2.02. The van der Waals surface area contributed by atoms with Crippen molar-refractivity contribution >= 4 is 0 Å². The lowest BCUT2D eigenvalue weighted by molar-refractivity contribution is -0.757. The smallest absolute Gasteiger partial charge is 0.294 e. The molecule has 0 aromatic rings. The number of unbranched alkanes of at least 4 members (excludes halogenated alkanes) is 4. The standard InChI is InChI=1S/C22H37NO6/c24-20-22(21-25)28-18-16-14-12-10-8-6-4-2-1-3-5-7-9-11-13-15-17-19-29-23(26)27/h2-5,8-11,22,24-25H,1,6-7,12-21H2. The molecule has 0 aliphatic rings. The predicted molar refractivity (Wildman–Crippen MR) is 115 cm³/mol. The van der Waals surface area contributed by atoms with Gasteiger partial charge in [-0.15, -0.1) is 10.1 Å². The van der Waals surface area contributed by atoms with Crippen LogP contribution in [0.3, 0.4) is 0 Å². The van der Waals surface area contributed by atoms with Crippen LogP contribution in [0.4, 0.5) is 0 Å². The average molecular weight is 412 g/mol. The van der Waals surface area contributed by atoms with E-state index in [0.717, 1.165) is 51.4 Å². The fraction of sp³-hybridized carbons (Fsp3) is 0.636. The van der Waals surface area contributed by atoms with Crippen LogP contribution in [0.25, 0.3) is 0 Å². The number of nitrogens with zero attached hydrogens (tertiary/aromatic N) is 1. The maximum atomic E-state index is 9.96. The van der Waals surface area contributed by atoms with Gasteiger partial charge in [0, 0.05) is 6.61 Å². The van der Waals surface area contributed by atoms with Gasteiger partial charge >= 0.3 is 0 Å². The van der Waals surface area contributed by atoms with Crippen molar-refractivity contribution in [1.29, 1.82) is 0 Å². The monoisotopic (exact) mass is 411 g/mol. The second-order valence-corrected chi connectivity index (χ2v) is 6.50. The summed E-state index contributed by atoms with van der Waals surface area (Å²) in [6.07, 6.45) is 24.9. The summed E-state index contributed by atoms with van der Waals surface area (Å²) in [7, 11) is 0. The molecule has 2 N–H and O–H groups in total. The largest absolute Gasteiger partial charge is 0.394 e. The number of allylic oxidation sites excluding steroid dienone is 8. The van der Waals surface area contributed by atoms with E-state index < -0.39 is 11.2 Å². The molecule has 0 atom stereocenters. The first-order valence-electron chi connectivity index (χ1n) is 10.4. The molecule has 0 unspecified atom stereocenters. The van der Waals surface area contributed by atoms with Gasteiger partial charge < -0.3 is 19.8 Å². The third-order valence-electron chi connectivity index (χ3n) is 3.97. The van der Waals surface area contributed by atoms with Gasteiger partial charge in [0.25, 0.3) is 5.09 Å². The van der Waals surface area contributed by atoms with E-state index in [0.29, 0.717) is 13.0 Å². The van der Waals surface area contributed by atoms with Crippen molar-refractivity contribution in [3.8, 4) is 0 Å². The molecule has 0 spiro atoms. The fourth-order valence-electron chi connectivity index (χ4n) is 2.33. The van der Waals surface area contributed by atoms with Crippen molar-refractivity contribution < 1.29 is 24.9 Å². The van der Waals surface area contributed by atoms with Gasteiger partial charge in [0.15, 0.2) is 0 Å². The molecular weight excluding hydrogens is 374 g/mol. The van der Waals surface area contributed by atoms with Crippen LogP contribution in [0.2, 0.25) is 0 Å². The van der Waals surface area contributed by atoms with E-state index in [4.69, 9.17) is 14.9 Å². The van der Waals surface area contributed by atoms with Gasteiger partial charge in [-0.25, -0.2) is 0 Å². The minimum absolute atomic E-state index is 0.139. The van der Waals surface area contributed by atoms with E-state index in [2.05, 4.69) is 53.4 Å². The molecule has 0 amide bonds. The number of hydrogen-bond donors (Lipinski definition) is 2. The molecule has 0 aromatic heterocycles. The van der Waals surface area contributed by atoms with Crippen LogP contribution in [0.1, 0.15) is 57.8 Å². The van der Waals surface area contributed by atoms with Crippen molar-refractivity contribution in [2.24, 2.45) is 0 Å². The summed E-state index contributed by atoms with van der Waals surface area (Å²) < 4.78 is 5.31. The zero-order valence-electron chi connectivity index (χ0n) is 17.4. The fourth-order valence-corrected chi connectivity index (χ4v) is 2.33. The highest BCUT2D eigenvalue weighted by atomic mass is 16.9. The van der Waals surface area contributed by atoms with Gasteiger partial charge in [0.2, 0.25) is 0 Å². The molecule has 7 heteroatoms. The number of aliphatic hydroxyl groups is 2. The Morgan fingerprint density at radius 3 is 1.62 bits per heavy atom. The quantitative estimate of drug-likeness (QED) is 0.134. The Bertz CT molecular complexity index is 484. The van der Waals surface area contributed by atoms with E-state index in [1.807, 2.05) is 0 Å². The number of aliphatic hydroxyl groups excluding tert-OH is 2. The van der Waals surface area contributed by atoms with Crippen molar-refractivity contribution in [2.75, 3.05) is 26.4 Å². The van der Waals surface area contributed by atoms with Crippen LogP contribution < -0.4 is 0 Å². The molecule has 0 heterocycles. The molecule has 166 valence electrons. The Kier molecular flexibility index (Phi) is 20.8. The van der Waals surface area contributed by atoms with Crippen LogP contribution >= 0.6 is 0 Å². The van der Waals surface area contributed by atoms with Gasteiger partial charge in [-0.1, -0.05) is 48.6 Å². The highest BCUT2D eigenvalue weighted by molar-refractivity contribution is 4.99. The molecule has 7 nitrogen and oxygen atoms in total. The van der Waals surface area contributed by atoms with Gasteiger partial charge in [-0.2, -0.15) is 0 Å². The van der Waals surface area contributed by atoms with Crippen LogP contribution in [0.5, 0.6) is 0 Å². The Morgan fingerprint density at radius 1 is 0.724 bits per heavy atom. The van der Waals surface area contributed by atoms with Gasteiger partial charge in [0.05, 0.1) is 19.8 Å². The third kappa shape index (κ3) is 22.2. The van der Waals surface area contributed by atoms with Crippen molar-refractivity contribution in [1.82, 2.24) is 0 Å². The molecule has 0 fully saturated rings. The van der Waals surface area contributed by atoms with E-state index >= 15 is 0 Å². The van der Waals surface area contributed by atoms with Crippen molar-refractivity contribution in [3.05, 3.63) is 58.7 Å². The Labute approximate surface area is 174 Å². The first-order valence-corrected chi connectivity index (χ1v) is 10.4. The first-order chi connectivity index (χ1) is 14.2. The molecule has 0 saturated carbocycles. The van der Waals surface area contributed by atoms with Crippen LogP contribution in [0, 0.1) is 10.1 Å². The highest BCUT2D eigenvalue weighted by Gasteiger charge is 2.03. The minimum atomic E-state index is -0.750. The molecule has 0 aromatic carbocycles. The molecule has 29 heavy (non-hydrogen) atoms. The zero-order valence-corrected chi connectivity index (χ0v) is 17.4. The normalized spacial score (nSPS) is 12.4. The molecule has 0 saturated heterocycles. The lowest BCUT2D eigenvalue weighted by Gasteiger charge is -2.11. The van der Waals surface area contributed by atoms with Crippen molar-refractivity contribution in [2.45, 2.75) is 63.9 Å². The zero-order chi connectivity index (χ0) is 21.4. The van der Waals surface area contributed by atoms with E-state index in [1.165, 1.54) is 0 Å². The predicted octanol–water partition coefficient (Wildman–Crippen LogP) is 4.30. The van der Waals surface area contributed by atoms with Crippen LogP contribution in [-0.4, -0.2) is 47.8 Å². The average Bonchev–Trinajstić information content (AvgIpc) is 2.71. The van der Waals surface area contributed by atoms with Crippen molar-refractivity contribution in [3.63, 3.8) is 0 Å². The maximum absolute atomic E-state index is 9.96. The Balaban J connectivity index is 3.42. The van der Waals surface area contributed by atoms with Gasteiger partial charge in [-0.3, -0.25) is 0 Å². The summed E-state index contributed by atoms with van der Waals surface area (Å²) in [5.74, 6) is 0. The first kappa shape index (κ1) is 27.0. The van der Waals surface area contributed by atoms with Gasteiger partial charge in [-0.05, 0) is 57.8 Å². The molecule has 0 radical (unpaired) electrons. The molecule has 0 aliphatic carbocycles. The van der Waals surface area contributed by atoms with Crippen LogP contribution in [-0.2, 0) is 9.57 Å². The number of ether oxygens (including phenoxy) is 1. The summed E-state index contributed by atoms with van der Waals surface area (Å²) in [5.41, 5.74) is 0. The number of rotatable bonds is 20. The molecular formula is C22H37NO6. The lowest BCUT2D eigenvalue weighted by Crippen LogP contribution is -2.22. The second-order valence-electron chi connectivity index (χ2n) is 6.50. The maximum Gasteiger partial charge on any atom is 0.294 e. The second kappa shape index (κ2) is 22.3. The summed E-state index contributed by atoms with van der Waals surface area (Å²) in [5, 5.41) is 27.0. The van der Waals surface area contributed by atoms with Crippen LogP contribution in [0.15, 0.2) is 48.6 Å². The summed E-state index contributed by atoms with van der Waals surface area (Å²) in [6.45, 7) is 0.467. The Hall–Kier alpha value is -1.96. The molecule has 0 bridgehead atoms. The topological polar surface area (TPSA) is 102 Å². The number of hydrogen-bond acceptors (Lipinski definition) is 6. The van der Waals surface area contributed by atoms with E-state index in [-0.39, 0.29) is 19.8 Å². The lowest BCUT2D eigenvalue weighted by atomic mass is 10.2. The summed E-state index contributed by atoms with van der Waals surface area (Å²) >= 11 is 0. The van der Waals surface area contributed by atoms with E-state index in [1.54, 1.807) is 0 Å². The SMILES string of the molecule is O=[N+]([O-])OCCCCC=CCC=CCC=CCC=CCCCCOC(CO)CO. The molecule has 0 aliphatic heterocycles.